The molecule has 2 aliphatic rings. The Morgan fingerprint density at radius 1 is 1.19 bits per heavy atom. The van der Waals surface area contributed by atoms with Crippen LogP contribution in [0.3, 0.4) is 0 Å². The molecule has 5 rings (SSSR count). The summed E-state index contributed by atoms with van der Waals surface area (Å²) >= 11 is 1.51. The first-order valence-electron chi connectivity index (χ1n) is 9.25. The van der Waals surface area contributed by atoms with E-state index < -0.39 is 0 Å². The summed E-state index contributed by atoms with van der Waals surface area (Å²) in [6, 6.07) is 5.71. The largest absolute Gasteiger partial charge is 0.454 e. The third-order valence-corrected chi connectivity index (χ3v) is 6.11. The zero-order chi connectivity index (χ0) is 18.4. The Morgan fingerprint density at radius 3 is 2.78 bits per heavy atom. The van der Waals surface area contributed by atoms with E-state index in [4.69, 9.17) is 9.47 Å². The summed E-state index contributed by atoms with van der Waals surface area (Å²) in [5.74, 6) is 2.29. The van der Waals surface area contributed by atoms with Gasteiger partial charge in [-0.15, -0.1) is 0 Å². The van der Waals surface area contributed by atoms with Gasteiger partial charge in [0.05, 0.1) is 15.9 Å². The SMILES string of the molecule is Cc1cc(NC(=O)C2CCCCC2)n(-c2nc3cc4c(cc3s2)OCO4)n1. The van der Waals surface area contributed by atoms with Crippen molar-refractivity contribution in [3.05, 3.63) is 23.9 Å². The third kappa shape index (κ3) is 3.03. The summed E-state index contributed by atoms with van der Waals surface area (Å²) < 4.78 is 13.6. The first-order valence-corrected chi connectivity index (χ1v) is 10.1. The second kappa shape index (κ2) is 6.53. The van der Waals surface area contributed by atoms with Crippen LogP contribution in [0.2, 0.25) is 0 Å². The summed E-state index contributed by atoms with van der Waals surface area (Å²) in [6.07, 6.45) is 5.41. The fourth-order valence-electron chi connectivity index (χ4n) is 3.72. The van der Waals surface area contributed by atoms with E-state index in [0.29, 0.717) is 16.7 Å². The minimum Gasteiger partial charge on any atom is -0.454 e. The summed E-state index contributed by atoms with van der Waals surface area (Å²) in [5, 5.41) is 8.32. The van der Waals surface area contributed by atoms with E-state index in [1.807, 2.05) is 25.1 Å². The fourth-order valence-corrected chi connectivity index (χ4v) is 4.67. The van der Waals surface area contributed by atoms with Crippen LogP contribution in [0, 0.1) is 12.8 Å². The number of hydrogen-bond donors (Lipinski definition) is 1. The zero-order valence-corrected chi connectivity index (χ0v) is 15.8. The Bertz CT molecular complexity index is 979. The maximum absolute atomic E-state index is 12.7. The number of benzene rings is 1. The minimum absolute atomic E-state index is 0.0812. The lowest BCUT2D eigenvalue weighted by Gasteiger charge is -2.20. The average Bonchev–Trinajstić information content (AvgIpc) is 3.37. The van der Waals surface area contributed by atoms with Crippen molar-refractivity contribution >= 4 is 33.3 Å². The summed E-state index contributed by atoms with van der Waals surface area (Å²) in [4.78, 5) is 17.4. The molecule has 1 aliphatic carbocycles. The Balaban J connectivity index is 1.46. The van der Waals surface area contributed by atoms with Crippen LogP contribution in [0.25, 0.3) is 15.3 Å². The molecule has 0 bridgehead atoms. The van der Waals surface area contributed by atoms with Crippen LogP contribution < -0.4 is 14.8 Å². The average molecular weight is 384 g/mol. The van der Waals surface area contributed by atoms with Gasteiger partial charge >= 0.3 is 0 Å². The molecule has 0 saturated heterocycles. The van der Waals surface area contributed by atoms with Crippen molar-refractivity contribution in [1.82, 2.24) is 14.8 Å². The van der Waals surface area contributed by atoms with Crippen molar-refractivity contribution in [2.75, 3.05) is 12.1 Å². The lowest BCUT2D eigenvalue weighted by Crippen LogP contribution is -2.25. The number of ether oxygens (including phenoxy) is 2. The molecule has 0 spiro atoms. The zero-order valence-electron chi connectivity index (χ0n) is 15.0. The van der Waals surface area contributed by atoms with Crippen molar-refractivity contribution < 1.29 is 14.3 Å². The number of nitrogens with zero attached hydrogens (tertiary/aromatic N) is 3. The standard InChI is InChI=1S/C19H20N4O3S/c1-11-7-17(21-18(24)12-5-3-2-4-6-12)23(22-11)19-20-13-8-14-15(26-10-25-14)9-16(13)27-19/h7-9,12H,2-6,10H2,1H3,(H,21,24). The van der Waals surface area contributed by atoms with Crippen LogP contribution in [-0.2, 0) is 4.79 Å². The Morgan fingerprint density at radius 2 is 1.96 bits per heavy atom. The highest BCUT2D eigenvalue weighted by atomic mass is 32.1. The molecular weight excluding hydrogens is 364 g/mol. The molecule has 1 amide bonds. The van der Waals surface area contributed by atoms with Crippen LogP contribution in [0.5, 0.6) is 11.5 Å². The molecule has 0 atom stereocenters. The first kappa shape index (κ1) is 16.6. The predicted molar refractivity (Wildman–Crippen MR) is 103 cm³/mol. The van der Waals surface area contributed by atoms with Gasteiger partial charge in [0.2, 0.25) is 17.8 Å². The molecule has 1 aliphatic heterocycles. The summed E-state index contributed by atoms with van der Waals surface area (Å²) in [7, 11) is 0. The Hall–Kier alpha value is -2.61. The van der Waals surface area contributed by atoms with E-state index in [0.717, 1.165) is 47.3 Å². The van der Waals surface area contributed by atoms with Crippen LogP contribution in [0.4, 0.5) is 5.82 Å². The van der Waals surface area contributed by atoms with Crippen molar-refractivity contribution in [1.29, 1.82) is 0 Å². The predicted octanol–water partition coefficient (Wildman–Crippen LogP) is 4.04. The monoisotopic (exact) mass is 384 g/mol. The molecule has 27 heavy (non-hydrogen) atoms. The van der Waals surface area contributed by atoms with Gasteiger partial charge in [0.1, 0.15) is 5.82 Å². The Kier molecular flexibility index (Phi) is 4.00. The maximum atomic E-state index is 12.7. The second-order valence-electron chi connectivity index (χ2n) is 7.08. The number of rotatable bonds is 3. The summed E-state index contributed by atoms with van der Waals surface area (Å²) in [6.45, 7) is 2.16. The number of aromatic nitrogens is 3. The van der Waals surface area contributed by atoms with Gasteiger partial charge in [0.25, 0.3) is 0 Å². The lowest BCUT2D eigenvalue weighted by atomic mass is 9.89. The molecule has 8 heteroatoms. The molecule has 0 unspecified atom stereocenters. The maximum Gasteiger partial charge on any atom is 0.231 e. The molecule has 0 radical (unpaired) electrons. The van der Waals surface area contributed by atoms with Gasteiger partial charge < -0.3 is 14.8 Å². The molecule has 1 fully saturated rings. The van der Waals surface area contributed by atoms with E-state index in [-0.39, 0.29) is 18.6 Å². The molecule has 3 heterocycles. The molecule has 1 aromatic carbocycles. The number of fused-ring (bicyclic) bond motifs is 2. The highest BCUT2D eigenvalue weighted by molar-refractivity contribution is 7.20. The topological polar surface area (TPSA) is 78.3 Å². The van der Waals surface area contributed by atoms with Gasteiger partial charge in [-0.3, -0.25) is 4.79 Å². The van der Waals surface area contributed by atoms with Crippen molar-refractivity contribution in [3.63, 3.8) is 0 Å². The van der Waals surface area contributed by atoms with Gasteiger partial charge in [0, 0.05) is 24.1 Å². The number of carbonyl (C=O) groups is 1. The lowest BCUT2D eigenvalue weighted by molar-refractivity contribution is -0.120. The fraction of sp³-hybridized carbons (Fsp3) is 0.421. The van der Waals surface area contributed by atoms with Gasteiger partial charge in [-0.25, -0.2) is 4.98 Å². The Labute approximate surface area is 160 Å². The normalized spacial score (nSPS) is 16.8. The molecular formula is C19H20N4O3S. The minimum atomic E-state index is 0.0812. The van der Waals surface area contributed by atoms with Crippen LogP contribution >= 0.6 is 11.3 Å². The third-order valence-electron chi connectivity index (χ3n) is 5.11. The number of nitrogens with one attached hydrogen (secondary N) is 1. The molecule has 7 nitrogen and oxygen atoms in total. The van der Waals surface area contributed by atoms with E-state index in [9.17, 15) is 4.79 Å². The molecule has 140 valence electrons. The molecule has 2 aromatic heterocycles. The van der Waals surface area contributed by atoms with Crippen molar-refractivity contribution in [2.45, 2.75) is 39.0 Å². The highest BCUT2D eigenvalue weighted by Gasteiger charge is 2.23. The number of anilines is 1. The number of amides is 1. The first-order chi connectivity index (χ1) is 13.2. The number of carbonyl (C=O) groups excluding carboxylic acids is 1. The van der Waals surface area contributed by atoms with E-state index in [2.05, 4.69) is 15.4 Å². The van der Waals surface area contributed by atoms with Crippen molar-refractivity contribution in [3.8, 4) is 16.6 Å². The summed E-state index contributed by atoms with van der Waals surface area (Å²) in [5.41, 5.74) is 1.67. The van der Waals surface area contributed by atoms with Crippen LogP contribution in [0.1, 0.15) is 37.8 Å². The smallest absolute Gasteiger partial charge is 0.231 e. The van der Waals surface area contributed by atoms with Crippen molar-refractivity contribution in [2.24, 2.45) is 5.92 Å². The number of hydrogen-bond acceptors (Lipinski definition) is 6. The van der Waals surface area contributed by atoms with Gasteiger partial charge in [-0.1, -0.05) is 30.6 Å². The van der Waals surface area contributed by atoms with E-state index in [1.165, 1.54) is 17.8 Å². The van der Waals surface area contributed by atoms with Gasteiger partial charge in [-0.2, -0.15) is 9.78 Å². The van der Waals surface area contributed by atoms with E-state index in [1.54, 1.807) is 4.68 Å². The van der Waals surface area contributed by atoms with Gasteiger partial charge in [0.15, 0.2) is 11.5 Å². The molecule has 1 N–H and O–H groups in total. The molecule has 3 aromatic rings. The van der Waals surface area contributed by atoms with Crippen LogP contribution in [0.15, 0.2) is 18.2 Å². The van der Waals surface area contributed by atoms with Gasteiger partial charge in [-0.05, 0) is 19.8 Å². The van der Waals surface area contributed by atoms with Crippen LogP contribution in [-0.4, -0.2) is 27.5 Å². The number of thiazole rings is 1. The van der Waals surface area contributed by atoms with E-state index >= 15 is 0 Å². The number of aryl methyl sites for hydroxylation is 1. The molecule has 1 saturated carbocycles. The highest BCUT2D eigenvalue weighted by Crippen LogP contribution is 2.39. The second-order valence-corrected chi connectivity index (χ2v) is 8.09. The quantitative estimate of drug-likeness (QED) is 0.737.